The number of hydrogen-bond acceptors (Lipinski definition) is 4. The number of ether oxygens (including phenoxy) is 1. The summed E-state index contributed by atoms with van der Waals surface area (Å²) < 4.78 is 17.8. The number of hydrazine groups is 1. The number of hydrogen-bond donors (Lipinski definition) is 2. The smallest absolute Gasteiger partial charge is 0.288 e. The minimum Gasteiger partial charge on any atom is -0.484 e. The third-order valence-electron chi connectivity index (χ3n) is 2.40. The summed E-state index contributed by atoms with van der Waals surface area (Å²) >= 11 is 0. The lowest BCUT2D eigenvalue weighted by Crippen LogP contribution is -2.44. The van der Waals surface area contributed by atoms with Gasteiger partial charge in [-0.1, -0.05) is 6.07 Å². The van der Waals surface area contributed by atoms with Gasteiger partial charge in [-0.25, -0.2) is 4.39 Å². The molecule has 0 bridgehead atoms. The lowest BCUT2D eigenvalue weighted by molar-refractivity contribution is -0.123. The van der Waals surface area contributed by atoms with Crippen molar-refractivity contribution in [2.45, 2.75) is 0 Å². The molecule has 2 N–H and O–H groups in total. The number of aromatic nitrogens is 1. The molecule has 1 heterocycles. The van der Waals surface area contributed by atoms with E-state index >= 15 is 0 Å². The van der Waals surface area contributed by atoms with Gasteiger partial charge in [0.1, 0.15) is 17.3 Å². The number of rotatable bonds is 4. The second-order valence-corrected chi connectivity index (χ2v) is 3.96. The van der Waals surface area contributed by atoms with E-state index in [9.17, 15) is 14.0 Å². The van der Waals surface area contributed by atoms with Crippen LogP contribution in [0.15, 0.2) is 48.7 Å². The number of amides is 2. The molecule has 7 heteroatoms. The fourth-order valence-corrected chi connectivity index (χ4v) is 1.40. The summed E-state index contributed by atoms with van der Waals surface area (Å²) in [4.78, 5) is 26.9. The number of nitrogens with one attached hydrogen (secondary N) is 2. The van der Waals surface area contributed by atoms with Crippen molar-refractivity contribution in [3.8, 4) is 5.75 Å². The Bertz CT molecular complexity index is 617. The van der Waals surface area contributed by atoms with Crippen molar-refractivity contribution in [3.05, 3.63) is 60.2 Å². The van der Waals surface area contributed by atoms with Crippen molar-refractivity contribution in [1.82, 2.24) is 15.8 Å². The lowest BCUT2D eigenvalue weighted by Gasteiger charge is -2.08. The molecule has 0 atom stereocenters. The summed E-state index contributed by atoms with van der Waals surface area (Å²) in [5.41, 5.74) is 4.57. The Morgan fingerprint density at radius 1 is 1.10 bits per heavy atom. The summed E-state index contributed by atoms with van der Waals surface area (Å²) in [6, 6.07) is 10.1. The molecule has 0 aliphatic heterocycles. The first kappa shape index (κ1) is 14.4. The van der Waals surface area contributed by atoms with Crippen molar-refractivity contribution >= 4 is 11.8 Å². The van der Waals surface area contributed by atoms with Gasteiger partial charge in [0.15, 0.2) is 6.61 Å². The molecule has 2 aromatic rings. The summed E-state index contributed by atoms with van der Waals surface area (Å²) in [6.45, 7) is -0.311. The molecule has 0 aliphatic rings. The minimum atomic E-state index is -0.552. The number of halogens is 1. The van der Waals surface area contributed by atoms with Gasteiger partial charge in [-0.2, -0.15) is 0 Å². The largest absolute Gasteiger partial charge is 0.484 e. The summed E-state index contributed by atoms with van der Waals surface area (Å²) in [6.07, 6.45) is 1.47. The SMILES string of the molecule is O=C(COc1ccc(F)cc1)NNC(=O)c1ccccn1. The molecule has 108 valence electrons. The Hall–Kier alpha value is -2.96. The van der Waals surface area contributed by atoms with Crippen LogP contribution in [0.3, 0.4) is 0 Å². The first-order chi connectivity index (χ1) is 10.1. The molecule has 0 radical (unpaired) electrons. The Labute approximate surface area is 119 Å². The number of carbonyl (C=O) groups excluding carboxylic acids is 2. The van der Waals surface area contributed by atoms with Gasteiger partial charge in [0.2, 0.25) is 0 Å². The monoisotopic (exact) mass is 289 g/mol. The zero-order chi connectivity index (χ0) is 15.1. The molecular weight excluding hydrogens is 277 g/mol. The molecular formula is C14H12FN3O3. The molecule has 0 fully saturated rings. The van der Waals surface area contributed by atoms with Crippen LogP contribution in [0.4, 0.5) is 4.39 Å². The zero-order valence-corrected chi connectivity index (χ0v) is 10.9. The summed E-state index contributed by atoms with van der Waals surface area (Å²) in [5.74, 6) is -1.13. The maximum absolute atomic E-state index is 12.7. The maximum atomic E-state index is 12.7. The highest BCUT2D eigenvalue weighted by molar-refractivity contribution is 5.93. The average molecular weight is 289 g/mol. The van der Waals surface area contributed by atoms with Gasteiger partial charge >= 0.3 is 0 Å². The van der Waals surface area contributed by atoms with Gasteiger partial charge in [-0.05, 0) is 36.4 Å². The molecule has 1 aromatic carbocycles. The molecule has 6 nitrogen and oxygen atoms in total. The van der Waals surface area contributed by atoms with Crippen LogP contribution in [0.5, 0.6) is 5.75 Å². The topological polar surface area (TPSA) is 80.3 Å². The number of carbonyl (C=O) groups is 2. The van der Waals surface area contributed by atoms with Crippen LogP contribution in [-0.4, -0.2) is 23.4 Å². The van der Waals surface area contributed by atoms with Crippen LogP contribution in [0.1, 0.15) is 10.5 Å². The molecule has 0 saturated heterocycles. The van der Waals surface area contributed by atoms with Crippen LogP contribution in [0.2, 0.25) is 0 Å². The van der Waals surface area contributed by atoms with Crippen molar-refractivity contribution in [1.29, 1.82) is 0 Å². The van der Waals surface area contributed by atoms with Gasteiger partial charge in [-0.15, -0.1) is 0 Å². The average Bonchev–Trinajstić information content (AvgIpc) is 2.53. The predicted molar refractivity (Wildman–Crippen MR) is 71.7 cm³/mol. The van der Waals surface area contributed by atoms with Gasteiger partial charge in [0.25, 0.3) is 11.8 Å². The first-order valence-electron chi connectivity index (χ1n) is 6.04. The van der Waals surface area contributed by atoms with E-state index in [0.29, 0.717) is 5.75 Å². The molecule has 0 spiro atoms. The molecule has 2 rings (SSSR count). The van der Waals surface area contributed by atoms with E-state index < -0.39 is 17.6 Å². The van der Waals surface area contributed by atoms with E-state index in [1.165, 1.54) is 36.5 Å². The summed E-state index contributed by atoms with van der Waals surface area (Å²) in [7, 11) is 0. The van der Waals surface area contributed by atoms with E-state index in [0.717, 1.165) is 0 Å². The van der Waals surface area contributed by atoms with E-state index in [2.05, 4.69) is 15.8 Å². The standard InChI is InChI=1S/C14H12FN3O3/c15-10-4-6-11(7-5-10)21-9-13(19)17-18-14(20)12-3-1-2-8-16-12/h1-8H,9H2,(H,17,19)(H,18,20). The van der Waals surface area contributed by atoms with Crippen LogP contribution in [0, 0.1) is 5.82 Å². The highest BCUT2D eigenvalue weighted by Crippen LogP contribution is 2.10. The Balaban J connectivity index is 1.75. The third kappa shape index (κ3) is 4.57. The highest BCUT2D eigenvalue weighted by Gasteiger charge is 2.08. The zero-order valence-electron chi connectivity index (χ0n) is 10.9. The molecule has 0 unspecified atom stereocenters. The normalized spacial score (nSPS) is 9.76. The molecule has 2 amide bonds. The van der Waals surface area contributed by atoms with E-state index in [1.54, 1.807) is 12.1 Å². The Morgan fingerprint density at radius 2 is 1.86 bits per heavy atom. The molecule has 1 aromatic heterocycles. The second kappa shape index (κ2) is 6.99. The van der Waals surface area contributed by atoms with Crippen molar-refractivity contribution in [2.75, 3.05) is 6.61 Å². The van der Waals surface area contributed by atoms with Crippen LogP contribution >= 0.6 is 0 Å². The first-order valence-corrected chi connectivity index (χ1v) is 6.04. The molecule has 0 aliphatic carbocycles. The van der Waals surface area contributed by atoms with E-state index in [-0.39, 0.29) is 12.3 Å². The van der Waals surface area contributed by atoms with E-state index in [1.807, 2.05) is 0 Å². The lowest BCUT2D eigenvalue weighted by atomic mass is 10.3. The Morgan fingerprint density at radius 3 is 2.52 bits per heavy atom. The fraction of sp³-hybridized carbons (Fsp3) is 0.0714. The number of benzene rings is 1. The van der Waals surface area contributed by atoms with Gasteiger partial charge in [0.05, 0.1) is 0 Å². The van der Waals surface area contributed by atoms with Gasteiger partial charge in [-0.3, -0.25) is 25.4 Å². The van der Waals surface area contributed by atoms with Crippen molar-refractivity contribution in [2.24, 2.45) is 0 Å². The second-order valence-electron chi connectivity index (χ2n) is 3.96. The maximum Gasteiger partial charge on any atom is 0.288 e. The number of pyridine rings is 1. The third-order valence-corrected chi connectivity index (χ3v) is 2.40. The van der Waals surface area contributed by atoms with Crippen LogP contribution in [-0.2, 0) is 4.79 Å². The van der Waals surface area contributed by atoms with Crippen molar-refractivity contribution in [3.63, 3.8) is 0 Å². The molecule has 21 heavy (non-hydrogen) atoms. The quantitative estimate of drug-likeness (QED) is 0.825. The predicted octanol–water partition coefficient (Wildman–Crippen LogP) is 1.06. The van der Waals surface area contributed by atoms with Gasteiger partial charge < -0.3 is 4.74 Å². The number of nitrogens with zero attached hydrogens (tertiary/aromatic N) is 1. The highest BCUT2D eigenvalue weighted by atomic mass is 19.1. The van der Waals surface area contributed by atoms with Gasteiger partial charge in [0, 0.05) is 6.20 Å². The van der Waals surface area contributed by atoms with Crippen molar-refractivity contribution < 1.29 is 18.7 Å². The summed E-state index contributed by atoms with van der Waals surface area (Å²) in [5, 5.41) is 0. The fourth-order valence-electron chi connectivity index (χ4n) is 1.40. The molecule has 0 saturated carbocycles. The van der Waals surface area contributed by atoms with Crippen LogP contribution in [0.25, 0.3) is 0 Å². The minimum absolute atomic E-state index is 0.178. The van der Waals surface area contributed by atoms with E-state index in [4.69, 9.17) is 4.74 Å². The Kier molecular flexibility index (Phi) is 4.81. The van der Waals surface area contributed by atoms with Crippen LogP contribution < -0.4 is 15.6 Å².